The first-order valence-corrected chi connectivity index (χ1v) is 5.36. The standard InChI is InChI=1S/C11H11N3O2S/c1-7-3-4-9(12-5-7)14-10(17)8(6-13-14)11(15)16-2/h3-6,17H,1-2H3. The summed E-state index contributed by atoms with van der Waals surface area (Å²) in [5.41, 5.74) is 1.37. The van der Waals surface area contributed by atoms with Crippen molar-refractivity contribution in [3.63, 3.8) is 0 Å². The van der Waals surface area contributed by atoms with Crippen molar-refractivity contribution in [2.45, 2.75) is 11.9 Å². The van der Waals surface area contributed by atoms with Gasteiger partial charge in [0, 0.05) is 6.20 Å². The lowest BCUT2D eigenvalue weighted by molar-refractivity contribution is 0.0596. The number of nitrogens with zero attached hydrogens (tertiary/aromatic N) is 3. The van der Waals surface area contributed by atoms with E-state index in [1.54, 1.807) is 6.20 Å². The number of hydrogen-bond donors (Lipinski definition) is 1. The third kappa shape index (κ3) is 2.16. The number of thiol groups is 1. The van der Waals surface area contributed by atoms with Crippen LogP contribution in [-0.2, 0) is 4.74 Å². The minimum atomic E-state index is -0.464. The van der Waals surface area contributed by atoms with E-state index >= 15 is 0 Å². The van der Waals surface area contributed by atoms with Gasteiger partial charge in [-0.1, -0.05) is 6.07 Å². The summed E-state index contributed by atoms with van der Waals surface area (Å²) >= 11 is 4.25. The average Bonchev–Trinajstić information content (AvgIpc) is 2.71. The van der Waals surface area contributed by atoms with Crippen molar-refractivity contribution in [3.8, 4) is 5.82 Å². The zero-order chi connectivity index (χ0) is 12.4. The molecular formula is C11H11N3O2S. The monoisotopic (exact) mass is 249 g/mol. The number of methoxy groups -OCH3 is 1. The summed E-state index contributed by atoms with van der Waals surface area (Å²) in [4.78, 5) is 15.6. The molecule has 0 bridgehead atoms. The molecule has 2 aromatic heterocycles. The summed E-state index contributed by atoms with van der Waals surface area (Å²) in [5.74, 6) is 0.143. The van der Waals surface area contributed by atoms with E-state index in [9.17, 15) is 4.79 Å². The third-order valence-corrected chi connectivity index (χ3v) is 2.69. The molecule has 0 aliphatic rings. The second-order valence-corrected chi connectivity index (χ2v) is 3.90. The van der Waals surface area contributed by atoms with Crippen molar-refractivity contribution >= 4 is 18.6 Å². The molecule has 2 heterocycles. The maximum atomic E-state index is 11.4. The lowest BCUT2D eigenvalue weighted by atomic mass is 10.3. The van der Waals surface area contributed by atoms with Crippen LogP contribution in [0.4, 0.5) is 0 Å². The Morgan fingerprint density at radius 3 is 2.76 bits per heavy atom. The Labute approximate surface area is 104 Å². The largest absolute Gasteiger partial charge is 0.465 e. The van der Waals surface area contributed by atoms with Gasteiger partial charge in [0.1, 0.15) is 10.6 Å². The molecule has 0 aliphatic carbocycles. The van der Waals surface area contributed by atoms with Gasteiger partial charge in [0.05, 0.1) is 13.3 Å². The summed E-state index contributed by atoms with van der Waals surface area (Å²) < 4.78 is 6.10. The van der Waals surface area contributed by atoms with Crippen LogP contribution >= 0.6 is 12.6 Å². The van der Waals surface area contributed by atoms with Crippen LogP contribution in [0.25, 0.3) is 5.82 Å². The van der Waals surface area contributed by atoms with E-state index in [2.05, 4.69) is 27.4 Å². The smallest absolute Gasteiger partial charge is 0.342 e. The van der Waals surface area contributed by atoms with Gasteiger partial charge in [0.25, 0.3) is 0 Å². The lowest BCUT2D eigenvalue weighted by Crippen LogP contribution is -2.03. The maximum Gasteiger partial charge on any atom is 0.342 e. The molecule has 0 saturated carbocycles. The van der Waals surface area contributed by atoms with Crippen molar-refractivity contribution in [2.24, 2.45) is 0 Å². The average molecular weight is 249 g/mol. The van der Waals surface area contributed by atoms with E-state index < -0.39 is 5.97 Å². The number of carbonyl (C=O) groups is 1. The fraction of sp³-hybridized carbons (Fsp3) is 0.182. The first-order chi connectivity index (χ1) is 8.13. The molecule has 17 heavy (non-hydrogen) atoms. The van der Waals surface area contributed by atoms with E-state index in [-0.39, 0.29) is 0 Å². The van der Waals surface area contributed by atoms with Crippen molar-refractivity contribution < 1.29 is 9.53 Å². The van der Waals surface area contributed by atoms with Gasteiger partial charge in [-0.2, -0.15) is 5.10 Å². The van der Waals surface area contributed by atoms with Crippen molar-refractivity contribution in [1.29, 1.82) is 0 Å². The summed E-state index contributed by atoms with van der Waals surface area (Å²) in [5, 5.41) is 4.47. The number of hydrogen-bond acceptors (Lipinski definition) is 5. The zero-order valence-electron chi connectivity index (χ0n) is 9.41. The Morgan fingerprint density at radius 2 is 2.18 bits per heavy atom. The highest BCUT2D eigenvalue weighted by molar-refractivity contribution is 7.80. The molecule has 0 spiro atoms. The number of pyridine rings is 1. The van der Waals surface area contributed by atoms with Crippen LogP contribution in [0.5, 0.6) is 0 Å². The topological polar surface area (TPSA) is 57.0 Å². The first kappa shape index (κ1) is 11.7. The van der Waals surface area contributed by atoms with Gasteiger partial charge >= 0.3 is 5.97 Å². The molecule has 0 N–H and O–H groups in total. The van der Waals surface area contributed by atoms with Gasteiger partial charge in [-0.25, -0.2) is 14.5 Å². The molecule has 0 saturated heterocycles. The van der Waals surface area contributed by atoms with Gasteiger partial charge in [0.15, 0.2) is 5.82 Å². The fourth-order valence-electron chi connectivity index (χ4n) is 1.35. The van der Waals surface area contributed by atoms with Crippen LogP contribution in [0, 0.1) is 6.92 Å². The van der Waals surface area contributed by atoms with E-state index in [1.165, 1.54) is 18.0 Å². The van der Waals surface area contributed by atoms with Crippen LogP contribution in [0.3, 0.4) is 0 Å². The molecule has 0 atom stereocenters. The highest BCUT2D eigenvalue weighted by atomic mass is 32.1. The van der Waals surface area contributed by atoms with Crippen LogP contribution in [0.1, 0.15) is 15.9 Å². The Morgan fingerprint density at radius 1 is 1.41 bits per heavy atom. The number of aromatic nitrogens is 3. The highest BCUT2D eigenvalue weighted by Crippen LogP contribution is 2.18. The normalized spacial score (nSPS) is 10.3. The van der Waals surface area contributed by atoms with E-state index in [4.69, 9.17) is 0 Å². The summed E-state index contributed by atoms with van der Waals surface area (Å²) in [6, 6.07) is 3.72. The number of aryl methyl sites for hydroxylation is 1. The summed E-state index contributed by atoms with van der Waals surface area (Å²) in [7, 11) is 1.32. The molecule has 0 amide bonds. The number of ether oxygens (including phenoxy) is 1. The van der Waals surface area contributed by atoms with E-state index in [0.29, 0.717) is 16.4 Å². The number of rotatable bonds is 2. The molecule has 6 heteroatoms. The van der Waals surface area contributed by atoms with Crippen LogP contribution < -0.4 is 0 Å². The predicted molar refractivity (Wildman–Crippen MR) is 64.7 cm³/mol. The molecule has 0 unspecified atom stereocenters. The predicted octanol–water partition coefficient (Wildman–Crippen LogP) is 1.65. The Bertz CT molecular complexity index is 548. The van der Waals surface area contributed by atoms with Gasteiger partial charge in [0.2, 0.25) is 0 Å². The molecule has 0 aromatic carbocycles. The van der Waals surface area contributed by atoms with Gasteiger partial charge in [-0.3, -0.25) is 0 Å². The van der Waals surface area contributed by atoms with Gasteiger partial charge < -0.3 is 4.74 Å². The zero-order valence-corrected chi connectivity index (χ0v) is 10.3. The van der Waals surface area contributed by atoms with Gasteiger partial charge in [-0.05, 0) is 18.6 Å². The minimum absolute atomic E-state index is 0.318. The van der Waals surface area contributed by atoms with E-state index in [0.717, 1.165) is 5.56 Å². The molecule has 0 radical (unpaired) electrons. The second-order valence-electron chi connectivity index (χ2n) is 3.48. The first-order valence-electron chi connectivity index (χ1n) is 4.92. The minimum Gasteiger partial charge on any atom is -0.465 e. The second kappa shape index (κ2) is 4.58. The summed E-state index contributed by atoms with van der Waals surface area (Å²) in [6.45, 7) is 1.95. The maximum absolute atomic E-state index is 11.4. The molecule has 2 aromatic rings. The molecule has 0 aliphatic heterocycles. The Balaban J connectivity index is 2.44. The van der Waals surface area contributed by atoms with Crippen molar-refractivity contribution in [1.82, 2.24) is 14.8 Å². The van der Waals surface area contributed by atoms with Crippen LogP contribution in [-0.4, -0.2) is 27.8 Å². The Kier molecular flexibility index (Phi) is 3.14. The highest BCUT2D eigenvalue weighted by Gasteiger charge is 2.16. The molecule has 88 valence electrons. The van der Waals surface area contributed by atoms with Crippen LogP contribution in [0.2, 0.25) is 0 Å². The third-order valence-electron chi connectivity index (χ3n) is 2.26. The SMILES string of the molecule is COC(=O)c1cnn(-c2ccc(C)cn2)c1S. The molecule has 0 fully saturated rings. The quantitative estimate of drug-likeness (QED) is 0.649. The number of esters is 1. The molecular weight excluding hydrogens is 238 g/mol. The Hall–Kier alpha value is -1.82. The van der Waals surface area contributed by atoms with Crippen molar-refractivity contribution in [2.75, 3.05) is 7.11 Å². The molecule has 2 rings (SSSR count). The number of carbonyl (C=O) groups excluding carboxylic acids is 1. The lowest BCUT2D eigenvalue weighted by Gasteiger charge is -2.03. The van der Waals surface area contributed by atoms with Gasteiger partial charge in [-0.15, -0.1) is 12.6 Å². The summed E-state index contributed by atoms with van der Waals surface area (Å²) in [6.07, 6.45) is 3.14. The fourth-order valence-corrected chi connectivity index (χ4v) is 1.65. The van der Waals surface area contributed by atoms with E-state index in [1.807, 2.05) is 19.1 Å². The molecule has 5 nitrogen and oxygen atoms in total. The van der Waals surface area contributed by atoms with Crippen molar-refractivity contribution in [3.05, 3.63) is 35.7 Å². The van der Waals surface area contributed by atoms with Crippen LogP contribution in [0.15, 0.2) is 29.6 Å².